The van der Waals surface area contributed by atoms with Crippen molar-refractivity contribution in [1.82, 2.24) is 0 Å². The van der Waals surface area contributed by atoms with Crippen molar-refractivity contribution in [2.45, 2.75) is 19.8 Å². The monoisotopic (exact) mass is 246 g/mol. The molecule has 0 amide bonds. The summed E-state index contributed by atoms with van der Waals surface area (Å²) in [5, 5.41) is 3.18. The van der Waals surface area contributed by atoms with Crippen LogP contribution in [0.15, 0.2) is 11.4 Å². The Labute approximate surface area is 96.4 Å². The van der Waals surface area contributed by atoms with Gasteiger partial charge in [0.2, 0.25) is 0 Å². The van der Waals surface area contributed by atoms with Crippen molar-refractivity contribution in [3.63, 3.8) is 0 Å². The largest absolute Gasteiger partial charge is 0.537 e. The molecule has 0 atom stereocenters. The molecule has 1 rings (SSSR count). The van der Waals surface area contributed by atoms with Gasteiger partial charge in [0.1, 0.15) is 0 Å². The average molecular weight is 246 g/mol. The van der Waals surface area contributed by atoms with Gasteiger partial charge in [0.05, 0.1) is 0 Å². The summed E-state index contributed by atoms with van der Waals surface area (Å²) in [5.74, 6) is 0. The lowest BCUT2D eigenvalue weighted by atomic mass is 10.3. The third-order valence-electron chi connectivity index (χ3n) is 2.36. The Morgan fingerprint density at radius 1 is 1.20 bits per heavy atom. The number of aryl methyl sites for hydroxylation is 1. The standard InChI is InChI=1S/C10H18O3SSi/c1-5-6-9-10(7-8-14-9)15(11-2,12-3)13-4/h7-8H,5-6H2,1-4H3. The van der Waals surface area contributed by atoms with Gasteiger partial charge in [-0.1, -0.05) is 13.3 Å². The first-order valence-corrected chi connectivity index (χ1v) is 7.56. The molecule has 0 saturated heterocycles. The lowest BCUT2D eigenvalue weighted by Gasteiger charge is -2.24. The van der Waals surface area contributed by atoms with Crippen LogP contribution in [0.4, 0.5) is 0 Å². The van der Waals surface area contributed by atoms with Gasteiger partial charge in [-0.05, 0) is 17.9 Å². The Morgan fingerprint density at radius 2 is 1.80 bits per heavy atom. The van der Waals surface area contributed by atoms with Gasteiger partial charge in [-0.15, -0.1) is 11.3 Å². The van der Waals surface area contributed by atoms with Gasteiger partial charge in [0, 0.05) is 31.4 Å². The van der Waals surface area contributed by atoms with Crippen LogP contribution in [0.5, 0.6) is 0 Å². The fraction of sp³-hybridized carbons (Fsp3) is 0.600. The molecule has 0 aliphatic carbocycles. The fourth-order valence-corrected chi connectivity index (χ4v) is 5.09. The molecule has 0 N–H and O–H groups in total. The molecule has 0 aliphatic heterocycles. The van der Waals surface area contributed by atoms with Gasteiger partial charge in [0.25, 0.3) is 0 Å². The van der Waals surface area contributed by atoms with E-state index in [1.807, 2.05) is 0 Å². The zero-order valence-corrected chi connectivity index (χ0v) is 11.5. The van der Waals surface area contributed by atoms with E-state index in [4.69, 9.17) is 13.3 Å². The Hall–Kier alpha value is -0.203. The molecule has 86 valence electrons. The zero-order valence-electron chi connectivity index (χ0n) is 9.70. The Morgan fingerprint density at radius 3 is 2.27 bits per heavy atom. The molecule has 5 heteroatoms. The third-order valence-corrected chi connectivity index (χ3v) is 6.26. The summed E-state index contributed by atoms with van der Waals surface area (Å²) in [7, 11) is 2.32. The molecule has 0 aromatic carbocycles. The topological polar surface area (TPSA) is 27.7 Å². The average Bonchev–Trinajstić information content (AvgIpc) is 2.71. The van der Waals surface area contributed by atoms with Crippen LogP contribution >= 0.6 is 11.3 Å². The van der Waals surface area contributed by atoms with E-state index in [0.717, 1.165) is 18.0 Å². The minimum Gasteiger partial charge on any atom is -0.373 e. The first-order valence-electron chi connectivity index (χ1n) is 4.96. The highest BCUT2D eigenvalue weighted by Gasteiger charge is 2.42. The molecule has 0 unspecified atom stereocenters. The van der Waals surface area contributed by atoms with Gasteiger partial charge < -0.3 is 13.3 Å². The minimum atomic E-state index is -2.61. The normalized spacial score (nSPS) is 12.0. The molecule has 0 fully saturated rings. The van der Waals surface area contributed by atoms with Crippen LogP contribution in [-0.4, -0.2) is 30.1 Å². The SMILES string of the molecule is CCCc1sccc1[Si](OC)(OC)OC. The molecule has 0 spiro atoms. The van der Waals surface area contributed by atoms with E-state index in [2.05, 4.69) is 18.4 Å². The molecule has 0 bridgehead atoms. The lowest BCUT2D eigenvalue weighted by molar-refractivity contribution is 0.140. The molecule has 0 saturated carbocycles. The summed E-state index contributed by atoms with van der Waals surface area (Å²) in [4.78, 5) is 1.31. The second-order valence-electron chi connectivity index (χ2n) is 3.18. The second kappa shape index (κ2) is 5.76. The smallest absolute Gasteiger partial charge is 0.373 e. The van der Waals surface area contributed by atoms with Crippen LogP contribution in [0.2, 0.25) is 0 Å². The van der Waals surface area contributed by atoms with E-state index in [1.54, 1.807) is 32.7 Å². The van der Waals surface area contributed by atoms with Crippen LogP contribution in [0.25, 0.3) is 0 Å². The van der Waals surface area contributed by atoms with Crippen molar-refractivity contribution >= 4 is 25.3 Å². The molecular weight excluding hydrogens is 228 g/mol. The number of hydrogen-bond acceptors (Lipinski definition) is 4. The molecule has 1 aromatic heterocycles. The summed E-state index contributed by atoms with van der Waals surface area (Å²) < 4.78 is 16.4. The van der Waals surface area contributed by atoms with Crippen molar-refractivity contribution in [1.29, 1.82) is 0 Å². The summed E-state index contributed by atoms with van der Waals surface area (Å²) in [6.07, 6.45) is 2.17. The fourth-order valence-electron chi connectivity index (χ4n) is 1.61. The van der Waals surface area contributed by atoms with Gasteiger partial charge >= 0.3 is 8.80 Å². The third kappa shape index (κ3) is 2.48. The minimum absolute atomic E-state index is 1.05. The first-order chi connectivity index (χ1) is 7.24. The molecular formula is C10H18O3SSi. The predicted octanol–water partition coefficient (Wildman–Crippen LogP) is 1.79. The van der Waals surface area contributed by atoms with Gasteiger partial charge in [-0.2, -0.15) is 0 Å². The maximum absolute atomic E-state index is 5.47. The van der Waals surface area contributed by atoms with Gasteiger partial charge in [0.15, 0.2) is 0 Å². The predicted molar refractivity (Wildman–Crippen MR) is 64.7 cm³/mol. The molecule has 15 heavy (non-hydrogen) atoms. The summed E-state index contributed by atoms with van der Waals surface area (Å²) in [5.41, 5.74) is 0. The van der Waals surface area contributed by atoms with E-state index in [9.17, 15) is 0 Å². The lowest BCUT2D eigenvalue weighted by Crippen LogP contribution is -2.55. The molecule has 1 aromatic rings. The van der Waals surface area contributed by atoms with Crippen molar-refractivity contribution in [2.24, 2.45) is 0 Å². The van der Waals surface area contributed by atoms with Gasteiger partial charge in [-0.3, -0.25) is 0 Å². The molecule has 0 radical (unpaired) electrons. The van der Waals surface area contributed by atoms with E-state index in [1.165, 1.54) is 4.88 Å². The zero-order chi connectivity index (χ0) is 11.3. The van der Waals surface area contributed by atoms with Crippen molar-refractivity contribution in [3.05, 3.63) is 16.3 Å². The number of thiophene rings is 1. The van der Waals surface area contributed by atoms with Crippen LogP contribution in [0, 0.1) is 0 Å². The molecule has 0 aliphatic rings. The second-order valence-corrected chi connectivity index (χ2v) is 7.05. The highest BCUT2D eigenvalue weighted by molar-refractivity contribution is 7.11. The van der Waals surface area contributed by atoms with Crippen molar-refractivity contribution in [3.8, 4) is 0 Å². The maximum Gasteiger partial charge on any atom is 0.537 e. The first kappa shape index (κ1) is 12.9. The van der Waals surface area contributed by atoms with E-state index >= 15 is 0 Å². The van der Waals surface area contributed by atoms with E-state index < -0.39 is 8.80 Å². The number of hydrogen-bond donors (Lipinski definition) is 0. The maximum atomic E-state index is 5.47. The van der Waals surface area contributed by atoms with Crippen molar-refractivity contribution < 1.29 is 13.3 Å². The molecule has 3 nitrogen and oxygen atoms in total. The van der Waals surface area contributed by atoms with Crippen LogP contribution < -0.4 is 5.19 Å². The highest BCUT2D eigenvalue weighted by atomic mass is 32.1. The van der Waals surface area contributed by atoms with Gasteiger partial charge in [-0.25, -0.2) is 0 Å². The summed E-state index contributed by atoms with van der Waals surface area (Å²) in [6, 6.07) is 2.05. The van der Waals surface area contributed by atoms with Crippen LogP contribution in [-0.2, 0) is 19.7 Å². The Bertz CT molecular complexity index is 288. The highest BCUT2D eigenvalue weighted by Crippen LogP contribution is 2.16. The van der Waals surface area contributed by atoms with Crippen molar-refractivity contribution in [2.75, 3.05) is 21.3 Å². The summed E-state index contributed by atoms with van der Waals surface area (Å²) in [6.45, 7) is 2.17. The Kier molecular flexibility index (Phi) is 4.94. The quantitative estimate of drug-likeness (QED) is 0.716. The van der Waals surface area contributed by atoms with E-state index in [0.29, 0.717) is 0 Å². The van der Waals surface area contributed by atoms with Crippen LogP contribution in [0.3, 0.4) is 0 Å². The van der Waals surface area contributed by atoms with Crippen LogP contribution in [0.1, 0.15) is 18.2 Å². The van der Waals surface area contributed by atoms with E-state index in [-0.39, 0.29) is 0 Å². The Balaban J connectivity index is 3.04. The summed E-state index contributed by atoms with van der Waals surface area (Å²) >= 11 is 1.74. The number of rotatable bonds is 6. The molecule has 1 heterocycles.